The summed E-state index contributed by atoms with van der Waals surface area (Å²) in [7, 11) is 0. The average Bonchev–Trinajstić information content (AvgIpc) is 2.50. The lowest BCUT2D eigenvalue weighted by Gasteiger charge is -2.39. The van der Waals surface area contributed by atoms with E-state index in [4.69, 9.17) is 4.74 Å². The van der Waals surface area contributed by atoms with Gasteiger partial charge in [0.05, 0.1) is 12.6 Å². The third kappa shape index (κ3) is 3.29. The second-order valence-electron chi connectivity index (χ2n) is 5.21. The van der Waals surface area contributed by atoms with Crippen LogP contribution < -0.4 is 0 Å². The number of halogens is 1. The van der Waals surface area contributed by atoms with E-state index < -0.39 is 6.29 Å². The molecule has 0 amide bonds. The molecule has 1 unspecified atom stereocenters. The quantitative estimate of drug-likeness (QED) is 0.942. The van der Waals surface area contributed by atoms with Gasteiger partial charge in [-0.2, -0.15) is 0 Å². The summed E-state index contributed by atoms with van der Waals surface area (Å²) < 4.78 is 18.5. The average molecular weight is 287 g/mol. The van der Waals surface area contributed by atoms with Crippen molar-refractivity contribution in [1.29, 1.82) is 0 Å². The van der Waals surface area contributed by atoms with Crippen LogP contribution in [0.2, 0.25) is 0 Å². The van der Waals surface area contributed by atoms with Crippen LogP contribution in [0.25, 0.3) is 0 Å². The lowest BCUT2D eigenvalue weighted by Crippen LogP contribution is -2.44. The number of benzene rings is 2. The Labute approximate surface area is 123 Å². The zero-order valence-corrected chi connectivity index (χ0v) is 11.7. The maximum absolute atomic E-state index is 13.1. The van der Waals surface area contributed by atoms with Gasteiger partial charge < -0.3 is 9.84 Å². The first-order chi connectivity index (χ1) is 10.2. The van der Waals surface area contributed by atoms with Crippen molar-refractivity contribution in [2.24, 2.45) is 0 Å². The van der Waals surface area contributed by atoms with Crippen LogP contribution in [-0.2, 0) is 11.3 Å². The molecule has 21 heavy (non-hydrogen) atoms. The Morgan fingerprint density at radius 2 is 1.81 bits per heavy atom. The van der Waals surface area contributed by atoms with E-state index in [-0.39, 0.29) is 11.9 Å². The summed E-state index contributed by atoms with van der Waals surface area (Å²) in [6.07, 6.45) is -0.895. The van der Waals surface area contributed by atoms with Gasteiger partial charge in [-0.05, 0) is 23.3 Å². The number of hydrogen-bond acceptors (Lipinski definition) is 3. The molecule has 1 aliphatic heterocycles. The largest absolute Gasteiger partial charge is 0.366 e. The molecule has 2 atom stereocenters. The van der Waals surface area contributed by atoms with Crippen molar-refractivity contribution >= 4 is 0 Å². The number of aliphatic hydroxyl groups is 1. The summed E-state index contributed by atoms with van der Waals surface area (Å²) in [5, 5.41) is 10.2. The van der Waals surface area contributed by atoms with Gasteiger partial charge in [0.25, 0.3) is 0 Å². The van der Waals surface area contributed by atoms with Crippen molar-refractivity contribution < 1.29 is 14.2 Å². The highest BCUT2D eigenvalue weighted by Crippen LogP contribution is 2.29. The third-order valence-corrected chi connectivity index (χ3v) is 3.77. The van der Waals surface area contributed by atoms with Crippen LogP contribution in [-0.4, -0.2) is 29.4 Å². The zero-order chi connectivity index (χ0) is 14.7. The Morgan fingerprint density at radius 1 is 1.10 bits per heavy atom. The van der Waals surface area contributed by atoms with Crippen LogP contribution in [0.4, 0.5) is 4.39 Å². The lowest BCUT2D eigenvalue weighted by atomic mass is 10.0. The highest BCUT2D eigenvalue weighted by Gasteiger charge is 2.32. The summed E-state index contributed by atoms with van der Waals surface area (Å²) in [4.78, 5) is 2.16. The van der Waals surface area contributed by atoms with Crippen LogP contribution in [0.15, 0.2) is 54.6 Å². The Balaban J connectivity index is 1.84. The fourth-order valence-electron chi connectivity index (χ4n) is 2.73. The minimum Gasteiger partial charge on any atom is -0.366 e. The molecule has 1 heterocycles. The van der Waals surface area contributed by atoms with Crippen molar-refractivity contribution in [2.45, 2.75) is 18.9 Å². The highest BCUT2D eigenvalue weighted by atomic mass is 19.1. The Hall–Kier alpha value is -1.75. The summed E-state index contributed by atoms with van der Waals surface area (Å²) in [5.41, 5.74) is 2.04. The number of rotatable bonds is 3. The monoisotopic (exact) mass is 287 g/mol. The van der Waals surface area contributed by atoms with Crippen LogP contribution in [0.1, 0.15) is 17.2 Å². The van der Waals surface area contributed by atoms with Crippen molar-refractivity contribution in [3.8, 4) is 0 Å². The van der Waals surface area contributed by atoms with Gasteiger partial charge in [-0.1, -0.05) is 42.5 Å². The molecule has 3 rings (SSSR count). The Morgan fingerprint density at radius 3 is 2.52 bits per heavy atom. The number of hydrogen-bond donors (Lipinski definition) is 1. The molecule has 0 saturated carbocycles. The topological polar surface area (TPSA) is 32.7 Å². The molecule has 2 aromatic carbocycles. The molecule has 0 radical (unpaired) electrons. The maximum Gasteiger partial charge on any atom is 0.174 e. The van der Waals surface area contributed by atoms with Crippen LogP contribution >= 0.6 is 0 Å². The smallest absolute Gasteiger partial charge is 0.174 e. The second-order valence-corrected chi connectivity index (χ2v) is 5.21. The number of ether oxygens (including phenoxy) is 1. The molecule has 0 spiro atoms. The van der Waals surface area contributed by atoms with Crippen LogP contribution in [0, 0.1) is 5.82 Å². The molecule has 2 aromatic rings. The van der Waals surface area contributed by atoms with Gasteiger partial charge in [-0.3, -0.25) is 4.90 Å². The van der Waals surface area contributed by atoms with Crippen molar-refractivity contribution in [1.82, 2.24) is 4.90 Å². The molecule has 0 bridgehead atoms. The number of aliphatic hydroxyl groups excluding tert-OH is 1. The lowest BCUT2D eigenvalue weighted by molar-refractivity contribution is -0.184. The zero-order valence-electron chi connectivity index (χ0n) is 11.7. The molecular formula is C17H18FNO2. The van der Waals surface area contributed by atoms with E-state index in [0.717, 1.165) is 18.7 Å². The van der Waals surface area contributed by atoms with E-state index >= 15 is 0 Å². The van der Waals surface area contributed by atoms with Gasteiger partial charge >= 0.3 is 0 Å². The predicted octanol–water partition coefficient (Wildman–Crippen LogP) is 2.72. The second kappa shape index (κ2) is 6.35. The van der Waals surface area contributed by atoms with E-state index in [1.54, 1.807) is 12.1 Å². The van der Waals surface area contributed by atoms with Gasteiger partial charge in [0.1, 0.15) is 5.82 Å². The summed E-state index contributed by atoms with van der Waals surface area (Å²) in [6.45, 7) is 1.95. The first kappa shape index (κ1) is 14.2. The number of morpholine rings is 1. The van der Waals surface area contributed by atoms with Crippen molar-refractivity contribution in [2.75, 3.05) is 13.2 Å². The van der Waals surface area contributed by atoms with E-state index in [1.807, 2.05) is 18.2 Å². The minimum atomic E-state index is -0.895. The van der Waals surface area contributed by atoms with Crippen LogP contribution in [0.3, 0.4) is 0 Å². The normalized spacial score (nSPS) is 23.1. The molecule has 0 aromatic heterocycles. The van der Waals surface area contributed by atoms with E-state index in [2.05, 4.69) is 17.0 Å². The van der Waals surface area contributed by atoms with Gasteiger partial charge in [-0.15, -0.1) is 0 Å². The maximum atomic E-state index is 13.1. The highest BCUT2D eigenvalue weighted by molar-refractivity contribution is 5.22. The summed E-state index contributed by atoms with van der Waals surface area (Å²) in [6, 6.07) is 16.1. The van der Waals surface area contributed by atoms with Crippen molar-refractivity contribution in [3.63, 3.8) is 0 Å². The van der Waals surface area contributed by atoms with Gasteiger partial charge in [0.15, 0.2) is 6.29 Å². The Kier molecular flexibility index (Phi) is 4.29. The molecule has 1 N–H and O–H groups in total. The molecule has 1 saturated heterocycles. The molecule has 1 fully saturated rings. The summed E-state index contributed by atoms with van der Waals surface area (Å²) >= 11 is 0. The predicted molar refractivity (Wildman–Crippen MR) is 78.0 cm³/mol. The SMILES string of the molecule is OC1OCCN(Cc2ccccc2)[C@@H]1c1ccc(F)cc1. The van der Waals surface area contributed by atoms with Gasteiger partial charge in [0, 0.05) is 13.1 Å². The number of nitrogens with zero attached hydrogens (tertiary/aromatic N) is 1. The fourth-order valence-corrected chi connectivity index (χ4v) is 2.73. The van der Waals surface area contributed by atoms with E-state index in [9.17, 15) is 9.50 Å². The van der Waals surface area contributed by atoms with E-state index in [1.165, 1.54) is 17.7 Å². The molecule has 1 aliphatic rings. The summed E-state index contributed by atoms with van der Waals surface area (Å²) in [5.74, 6) is -0.278. The van der Waals surface area contributed by atoms with E-state index in [0.29, 0.717) is 6.61 Å². The van der Waals surface area contributed by atoms with Gasteiger partial charge in [0.2, 0.25) is 0 Å². The van der Waals surface area contributed by atoms with Crippen LogP contribution in [0.5, 0.6) is 0 Å². The van der Waals surface area contributed by atoms with Crippen molar-refractivity contribution in [3.05, 3.63) is 71.5 Å². The third-order valence-electron chi connectivity index (χ3n) is 3.77. The first-order valence-corrected chi connectivity index (χ1v) is 7.07. The molecule has 110 valence electrons. The minimum absolute atomic E-state index is 0.278. The Bertz CT molecular complexity index is 573. The molecule has 3 nitrogen and oxygen atoms in total. The first-order valence-electron chi connectivity index (χ1n) is 7.07. The molecule has 0 aliphatic carbocycles. The molecular weight excluding hydrogens is 269 g/mol. The standard InChI is InChI=1S/C17H18FNO2/c18-15-8-6-14(7-9-15)16-17(20)21-11-10-19(16)12-13-4-2-1-3-5-13/h1-9,16-17,20H,10-12H2/t16-,17?/m1/s1. The molecule has 4 heteroatoms. The fraction of sp³-hybridized carbons (Fsp3) is 0.294. The van der Waals surface area contributed by atoms with Gasteiger partial charge in [-0.25, -0.2) is 4.39 Å².